The van der Waals surface area contributed by atoms with E-state index in [0.29, 0.717) is 29.0 Å². The van der Waals surface area contributed by atoms with Crippen molar-refractivity contribution in [3.63, 3.8) is 0 Å². The Labute approximate surface area is 259 Å². The van der Waals surface area contributed by atoms with Gasteiger partial charge in [-0.3, -0.25) is 14.2 Å². The van der Waals surface area contributed by atoms with E-state index >= 15 is 0 Å². The molecule has 0 unspecified atom stereocenters. The van der Waals surface area contributed by atoms with E-state index in [2.05, 4.69) is 44.8 Å². The summed E-state index contributed by atoms with van der Waals surface area (Å²) in [6.07, 6.45) is -0.143. The molecule has 1 aliphatic heterocycles. The Kier molecular flexibility index (Phi) is 7.51. The maximum Gasteiger partial charge on any atom is 0.417 e. The summed E-state index contributed by atoms with van der Waals surface area (Å²) < 4.78 is 44.1. The van der Waals surface area contributed by atoms with Crippen molar-refractivity contribution in [1.82, 2.24) is 29.0 Å². The van der Waals surface area contributed by atoms with Crippen molar-refractivity contribution in [2.24, 2.45) is 5.92 Å². The van der Waals surface area contributed by atoms with Crippen LogP contribution in [0.25, 0.3) is 22.6 Å². The number of H-pyrrole nitrogens is 1. The van der Waals surface area contributed by atoms with Crippen LogP contribution in [0.15, 0.2) is 64.1 Å². The number of rotatable bonds is 5. The monoisotopic (exact) mass is 666 g/mol. The molecule has 228 valence electrons. The Morgan fingerprint density at radius 3 is 2.52 bits per heavy atom. The minimum atomic E-state index is -4.62. The number of aromatic amines is 1. The lowest BCUT2D eigenvalue weighted by Gasteiger charge is -2.35. The Hall–Kier alpha value is -4.19. The molecule has 2 aromatic carbocycles. The Morgan fingerprint density at radius 2 is 1.89 bits per heavy atom. The third-order valence-corrected chi connectivity index (χ3v) is 8.67. The summed E-state index contributed by atoms with van der Waals surface area (Å²) in [5, 5.41) is 4.68. The highest BCUT2D eigenvalue weighted by molar-refractivity contribution is 9.10. The van der Waals surface area contributed by atoms with Gasteiger partial charge in [0.15, 0.2) is 0 Å². The van der Waals surface area contributed by atoms with Crippen LogP contribution >= 0.6 is 15.9 Å². The molecule has 3 aromatic heterocycles. The van der Waals surface area contributed by atoms with Crippen molar-refractivity contribution in [2.75, 3.05) is 0 Å². The molecule has 0 radical (unpaired) electrons. The van der Waals surface area contributed by atoms with Gasteiger partial charge in [0.2, 0.25) is 0 Å². The fourth-order valence-electron chi connectivity index (χ4n) is 5.87. The van der Waals surface area contributed by atoms with Gasteiger partial charge in [0.25, 0.3) is 11.5 Å². The van der Waals surface area contributed by atoms with Gasteiger partial charge >= 0.3 is 6.18 Å². The van der Waals surface area contributed by atoms with Gasteiger partial charge in [0.1, 0.15) is 11.5 Å². The van der Waals surface area contributed by atoms with Gasteiger partial charge in [-0.05, 0) is 62.9 Å². The number of benzene rings is 2. The van der Waals surface area contributed by atoms with Gasteiger partial charge in [0.05, 0.1) is 35.4 Å². The van der Waals surface area contributed by atoms with Crippen LogP contribution in [0, 0.1) is 12.8 Å². The smallest absolute Gasteiger partial charge is 0.348 e. The third-order valence-electron chi connectivity index (χ3n) is 7.98. The molecular weight excluding hydrogens is 637 g/mol. The van der Waals surface area contributed by atoms with Crippen LogP contribution in [0.1, 0.15) is 59.3 Å². The fourth-order valence-corrected chi connectivity index (χ4v) is 6.34. The van der Waals surface area contributed by atoms with E-state index in [4.69, 9.17) is 0 Å². The van der Waals surface area contributed by atoms with Crippen LogP contribution in [0.5, 0.6) is 0 Å². The molecule has 6 rings (SSSR count). The number of aryl methyl sites for hydroxylation is 1. The maximum atomic E-state index is 14.3. The number of nitrogens with one attached hydrogen (secondary N) is 1. The average molecular weight is 668 g/mol. The molecule has 0 spiro atoms. The SMILES string of the molecule is Cc1nc(-c2ccc(-n3c(=O)c4c(n5ncc(CC(C)C)c35)CN(C(=O)c3ccc(Br)c(C(F)(F)F)c3)[C@@H](C)C4)cc2)c[nH]1. The first kappa shape index (κ1) is 29.9. The van der Waals surface area contributed by atoms with Crippen molar-refractivity contribution in [1.29, 1.82) is 0 Å². The van der Waals surface area contributed by atoms with E-state index in [1.165, 1.54) is 17.0 Å². The average Bonchev–Trinajstić information content (AvgIpc) is 3.59. The van der Waals surface area contributed by atoms with E-state index in [-0.39, 0.29) is 34.5 Å². The second-order valence-electron chi connectivity index (χ2n) is 11.7. The molecule has 1 aliphatic rings. The van der Waals surface area contributed by atoms with Gasteiger partial charge in [-0.1, -0.05) is 41.9 Å². The normalized spacial score (nSPS) is 15.3. The van der Waals surface area contributed by atoms with Crippen LogP contribution in [-0.2, 0) is 25.6 Å². The number of aromatic nitrogens is 5. The quantitative estimate of drug-likeness (QED) is 0.225. The molecular formula is C32H30BrF3N6O2. The summed E-state index contributed by atoms with van der Waals surface area (Å²) in [5.41, 5.74) is 3.74. The lowest BCUT2D eigenvalue weighted by atomic mass is 9.97. The standard InChI is InChI=1S/C32H30BrF3N6O2/c1-17(2)11-22-14-38-42-28-16-40(30(43)21-7-10-26(33)25(13-21)32(34,35)36)18(3)12-24(28)31(44)41(29(22)42)23-8-5-20(6-9-23)27-15-37-19(4)39-27/h5-10,13-15,17-18H,11-12,16H2,1-4H3,(H,37,39)/t18-/m0/s1. The van der Waals surface area contributed by atoms with Crippen molar-refractivity contribution in [2.45, 2.75) is 59.3 Å². The van der Waals surface area contributed by atoms with E-state index < -0.39 is 23.7 Å². The number of halogens is 4. The van der Waals surface area contributed by atoms with Crippen LogP contribution < -0.4 is 5.56 Å². The predicted octanol–water partition coefficient (Wildman–Crippen LogP) is 6.75. The molecule has 44 heavy (non-hydrogen) atoms. The second kappa shape index (κ2) is 11.1. The molecule has 4 heterocycles. The van der Waals surface area contributed by atoms with Crippen molar-refractivity contribution >= 4 is 27.5 Å². The molecule has 0 saturated carbocycles. The molecule has 0 saturated heterocycles. The number of imidazole rings is 1. The topological polar surface area (TPSA) is 88.3 Å². The number of carbonyl (C=O) groups excluding carboxylic acids is 1. The zero-order chi connectivity index (χ0) is 31.5. The van der Waals surface area contributed by atoms with Crippen LogP contribution in [0.2, 0.25) is 0 Å². The number of alkyl halides is 3. The number of carbonyl (C=O) groups is 1. The highest BCUT2D eigenvalue weighted by Gasteiger charge is 2.36. The van der Waals surface area contributed by atoms with E-state index in [1.807, 2.05) is 37.4 Å². The Balaban J connectivity index is 1.46. The van der Waals surface area contributed by atoms with Gasteiger partial charge in [-0.15, -0.1) is 0 Å². The lowest BCUT2D eigenvalue weighted by Crippen LogP contribution is -2.46. The molecule has 1 atom stereocenters. The first-order valence-electron chi connectivity index (χ1n) is 14.3. The van der Waals surface area contributed by atoms with Crippen LogP contribution in [0.4, 0.5) is 13.2 Å². The lowest BCUT2D eigenvalue weighted by molar-refractivity contribution is -0.138. The maximum absolute atomic E-state index is 14.3. The summed E-state index contributed by atoms with van der Waals surface area (Å²) >= 11 is 2.94. The number of nitrogens with zero attached hydrogens (tertiary/aromatic N) is 5. The zero-order valence-electron chi connectivity index (χ0n) is 24.5. The van der Waals surface area contributed by atoms with E-state index in [1.54, 1.807) is 22.2 Å². The number of hydrogen-bond acceptors (Lipinski definition) is 4. The number of hydrogen-bond donors (Lipinski definition) is 1. The first-order valence-corrected chi connectivity index (χ1v) is 15.1. The summed E-state index contributed by atoms with van der Waals surface area (Å²) in [6, 6.07) is 10.6. The Morgan fingerprint density at radius 1 is 1.16 bits per heavy atom. The van der Waals surface area contributed by atoms with Gasteiger partial charge < -0.3 is 9.88 Å². The minimum absolute atomic E-state index is 0.0274. The summed E-state index contributed by atoms with van der Waals surface area (Å²) in [6.45, 7) is 7.87. The molecule has 0 aliphatic carbocycles. The molecule has 0 bridgehead atoms. The molecule has 1 N–H and O–H groups in total. The fraction of sp³-hybridized carbons (Fsp3) is 0.312. The van der Waals surface area contributed by atoms with Crippen LogP contribution in [0.3, 0.4) is 0 Å². The first-order chi connectivity index (χ1) is 20.8. The molecule has 1 amide bonds. The third kappa shape index (κ3) is 5.25. The summed E-state index contributed by atoms with van der Waals surface area (Å²) in [5.74, 6) is 0.542. The van der Waals surface area contributed by atoms with E-state index in [9.17, 15) is 22.8 Å². The number of fused-ring (bicyclic) bond motifs is 3. The van der Waals surface area contributed by atoms with Crippen molar-refractivity contribution in [3.05, 3.63) is 103 Å². The van der Waals surface area contributed by atoms with Crippen LogP contribution in [-0.4, -0.2) is 41.0 Å². The highest BCUT2D eigenvalue weighted by atomic mass is 79.9. The largest absolute Gasteiger partial charge is 0.417 e. The predicted molar refractivity (Wildman–Crippen MR) is 164 cm³/mol. The Bertz CT molecular complexity index is 1960. The van der Waals surface area contributed by atoms with Gasteiger partial charge in [-0.2, -0.15) is 18.3 Å². The molecule has 8 nitrogen and oxygen atoms in total. The summed E-state index contributed by atoms with van der Waals surface area (Å²) in [4.78, 5) is 37.0. The van der Waals surface area contributed by atoms with E-state index in [0.717, 1.165) is 28.7 Å². The second-order valence-corrected chi connectivity index (χ2v) is 12.5. The summed E-state index contributed by atoms with van der Waals surface area (Å²) in [7, 11) is 0. The highest BCUT2D eigenvalue weighted by Crippen LogP contribution is 2.36. The zero-order valence-corrected chi connectivity index (χ0v) is 26.1. The molecule has 12 heteroatoms. The van der Waals surface area contributed by atoms with Gasteiger partial charge in [0, 0.05) is 39.0 Å². The van der Waals surface area contributed by atoms with Crippen molar-refractivity contribution < 1.29 is 18.0 Å². The van der Waals surface area contributed by atoms with Crippen molar-refractivity contribution in [3.8, 4) is 16.9 Å². The minimum Gasteiger partial charge on any atom is -0.348 e. The number of amides is 1. The van der Waals surface area contributed by atoms with Gasteiger partial charge in [-0.25, -0.2) is 9.50 Å². The molecule has 0 fully saturated rings. The molecule has 5 aromatic rings.